The molecule has 11 heteroatoms. The van der Waals surface area contributed by atoms with Gasteiger partial charge < -0.3 is 14.8 Å². The lowest BCUT2D eigenvalue weighted by Crippen LogP contribution is -2.27. The van der Waals surface area contributed by atoms with Crippen LogP contribution < -0.4 is 14.8 Å². The number of methoxy groups -OCH3 is 1. The molecule has 7 nitrogen and oxygen atoms in total. The van der Waals surface area contributed by atoms with Gasteiger partial charge in [0.1, 0.15) is 6.33 Å². The minimum Gasteiger partial charge on any atom is -0.493 e. The number of ether oxygens (including phenoxy) is 2. The summed E-state index contributed by atoms with van der Waals surface area (Å²) in [6.07, 6.45) is 2.07. The molecule has 170 valence electrons. The Labute approximate surface area is 193 Å². The molecule has 0 unspecified atom stereocenters. The van der Waals surface area contributed by atoms with Crippen molar-refractivity contribution in [3.63, 3.8) is 0 Å². The first kappa shape index (κ1) is 23.8. The van der Waals surface area contributed by atoms with E-state index in [1.807, 2.05) is 25.1 Å². The Morgan fingerprint density at radius 2 is 2.06 bits per heavy atom. The first-order chi connectivity index (χ1) is 15.4. The lowest BCUT2D eigenvalue weighted by Gasteiger charge is -2.12. The van der Waals surface area contributed by atoms with Crippen molar-refractivity contribution in [3.8, 4) is 17.2 Å². The van der Waals surface area contributed by atoms with Crippen LogP contribution in [0.3, 0.4) is 0 Å². The second-order valence-corrected chi connectivity index (χ2v) is 8.02. The van der Waals surface area contributed by atoms with Gasteiger partial charge in [-0.3, -0.25) is 9.36 Å². The van der Waals surface area contributed by atoms with E-state index in [2.05, 4.69) is 20.3 Å². The summed E-state index contributed by atoms with van der Waals surface area (Å²) in [4.78, 5) is 12.2. The molecule has 2 aromatic carbocycles. The van der Waals surface area contributed by atoms with Crippen molar-refractivity contribution in [1.82, 2.24) is 20.1 Å². The Bertz CT molecular complexity index is 1080. The van der Waals surface area contributed by atoms with Gasteiger partial charge in [-0.15, -0.1) is 10.2 Å². The fourth-order valence-corrected chi connectivity index (χ4v) is 3.75. The van der Waals surface area contributed by atoms with Crippen molar-refractivity contribution in [2.45, 2.75) is 25.1 Å². The van der Waals surface area contributed by atoms with Gasteiger partial charge in [0.25, 0.3) is 0 Å². The third-order valence-corrected chi connectivity index (χ3v) is 5.81. The zero-order valence-corrected chi connectivity index (χ0v) is 18.9. The Kier molecular flexibility index (Phi) is 8.29. The number of carbonyl (C=O) groups excluding carboxylic acids is 1. The molecule has 3 rings (SSSR count). The number of thioether (sulfide) groups is 1. The SMILES string of the molecule is COc1cc(CCNC(=O)CSc2nncn2-c2ccc(C)c(Cl)c2)ccc1OC(F)F. The zero-order valence-electron chi connectivity index (χ0n) is 17.3. The number of aromatic nitrogens is 3. The number of benzene rings is 2. The molecule has 3 aromatic rings. The Hall–Kier alpha value is -2.85. The summed E-state index contributed by atoms with van der Waals surface area (Å²) in [6, 6.07) is 10.3. The number of aryl methyl sites for hydroxylation is 1. The van der Waals surface area contributed by atoms with Gasteiger partial charge in [-0.2, -0.15) is 8.78 Å². The van der Waals surface area contributed by atoms with Crippen molar-refractivity contribution in [1.29, 1.82) is 0 Å². The van der Waals surface area contributed by atoms with Gasteiger partial charge >= 0.3 is 6.61 Å². The fourth-order valence-electron chi connectivity index (χ4n) is 2.82. The summed E-state index contributed by atoms with van der Waals surface area (Å²) in [7, 11) is 1.37. The van der Waals surface area contributed by atoms with E-state index in [4.69, 9.17) is 16.3 Å². The molecule has 1 N–H and O–H groups in total. The third-order valence-electron chi connectivity index (χ3n) is 4.46. The largest absolute Gasteiger partial charge is 0.493 e. The van der Waals surface area contributed by atoms with Crippen LogP contribution >= 0.6 is 23.4 Å². The van der Waals surface area contributed by atoms with E-state index in [-0.39, 0.29) is 23.2 Å². The van der Waals surface area contributed by atoms with Crippen LogP contribution in [0.25, 0.3) is 5.69 Å². The lowest BCUT2D eigenvalue weighted by atomic mass is 10.1. The second kappa shape index (κ2) is 11.1. The maximum atomic E-state index is 12.4. The number of hydrogen-bond donors (Lipinski definition) is 1. The smallest absolute Gasteiger partial charge is 0.387 e. The molecule has 1 heterocycles. The normalized spacial score (nSPS) is 10.9. The molecule has 1 aromatic heterocycles. The number of halogens is 3. The van der Waals surface area contributed by atoms with E-state index in [0.29, 0.717) is 23.1 Å². The molecule has 0 bridgehead atoms. The van der Waals surface area contributed by atoms with Gasteiger partial charge in [0.2, 0.25) is 5.91 Å². The fraction of sp³-hybridized carbons (Fsp3) is 0.286. The van der Waals surface area contributed by atoms with Crippen molar-refractivity contribution < 1.29 is 23.0 Å². The summed E-state index contributed by atoms with van der Waals surface area (Å²) < 4.78 is 36.1. The monoisotopic (exact) mass is 482 g/mol. The summed E-state index contributed by atoms with van der Waals surface area (Å²) in [5, 5.41) is 12.0. The molecular formula is C21H21ClF2N4O3S. The molecule has 0 aliphatic rings. The lowest BCUT2D eigenvalue weighted by molar-refractivity contribution is -0.118. The predicted molar refractivity (Wildman–Crippen MR) is 118 cm³/mol. The number of amides is 1. The van der Waals surface area contributed by atoms with E-state index in [0.717, 1.165) is 16.8 Å². The highest BCUT2D eigenvalue weighted by Gasteiger charge is 2.13. The molecule has 0 radical (unpaired) electrons. The van der Waals surface area contributed by atoms with Gasteiger partial charge in [-0.25, -0.2) is 0 Å². The summed E-state index contributed by atoms with van der Waals surface area (Å²) >= 11 is 7.45. The molecule has 0 aliphatic heterocycles. The van der Waals surface area contributed by atoms with E-state index in [1.54, 1.807) is 23.0 Å². The average molecular weight is 483 g/mol. The molecule has 0 fully saturated rings. The van der Waals surface area contributed by atoms with E-state index in [9.17, 15) is 13.6 Å². The predicted octanol–water partition coefficient (Wildman–Crippen LogP) is 4.29. The number of rotatable bonds is 10. The molecular weight excluding hydrogens is 462 g/mol. The van der Waals surface area contributed by atoms with E-state index < -0.39 is 6.61 Å². The highest BCUT2D eigenvalue weighted by atomic mass is 35.5. The first-order valence-corrected chi connectivity index (χ1v) is 10.9. The van der Waals surface area contributed by atoms with Crippen LogP contribution in [0.15, 0.2) is 47.9 Å². The van der Waals surface area contributed by atoms with Crippen LogP contribution in [0.2, 0.25) is 5.02 Å². The quantitative estimate of drug-likeness (QED) is 0.434. The molecule has 32 heavy (non-hydrogen) atoms. The molecule has 0 spiro atoms. The maximum absolute atomic E-state index is 12.4. The highest BCUT2D eigenvalue weighted by molar-refractivity contribution is 7.99. The zero-order chi connectivity index (χ0) is 23.1. The van der Waals surface area contributed by atoms with Crippen LogP contribution in [0.5, 0.6) is 11.5 Å². The topological polar surface area (TPSA) is 78.3 Å². The standard InChI is InChI=1S/C21H21ClF2N4O3S/c1-13-3-5-15(10-16(13)22)28-12-26-27-21(28)32-11-19(29)25-8-7-14-4-6-17(31-20(23)24)18(9-14)30-2/h3-6,9-10,12,20H,7-8,11H2,1-2H3,(H,25,29). The maximum Gasteiger partial charge on any atom is 0.387 e. The molecule has 0 atom stereocenters. The first-order valence-electron chi connectivity index (χ1n) is 9.55. The summed E-state index contributed by atoms with van der Waals surface area (Å²) in [5.41, 5.74) is 2.58. The van der Waals surface area contributed by atoms with Crippen LogP contribution in [-0.2, 0) is 11.2 Å². The van der Waals surface area contributed by atoms with Crippen molar-refractivity contribution in [2.75, 3.05) is 19.4 Å². The van der Waals surface area contributed by atoms with Crippen LogP contribution in [0.1, 0.15) is 11.1 Å². The van der Waals surface area contributed by atoms with E-state index in [1.165, 1.54) is 24.9 Å². The minimum absolute atomic E-state index is 0.0364. The van der Waals surface area contributed by atoms with Crippen LogP contribution in [0, 0.1) is 6.92 Å². The van der Waals surface area contributed by atoms with Gasteiger partial charge in [-0.1, -0.05) is 35.5 Å². The number of hydrogen-bond acceptors (Lipinski definition) is 6. The van der Waals surface area contributed by atoms with Gasteiger partial charge in [0.15, 0.2) is 16.7 Å². The second-order valence-electron chi connectivity index (χ2n) is 6.67. The van der Waals surface area contributed by atoms with Crippen molar-refractivity contribution in [2.24, 2.45) is 0 Å². The van der Waals surface area contributed by atoms with Crippen LogP contribution in [0.4, 0.5) is 8.78 Å². The molecule has 0 saturated carbocycles. The summed E-state index contributed by atoms with van der Waals surface area (Å²) in [5.74, 6) is 0.157. The minimum atomic E-state index is -2.93. The summed E-state index contributed by atoms with van der Waals surface area (Å²) in [6.45, 7) is -0.641. The number of alkyl halides is 2. The van der Waals surface area contributed by atoms with Crippen molar-refractivity contribution in [3.05, 3.63) is 58.9 Å². The van der Waals surface area contributed by atoms with Crippen LogP contribution in [-0.4, -0.2) is 46.7 Å². The number of nitrogens with one attached hydrogen (secondary N) is 1. The van der Waals surface area contributed by atoms with Gasteiger partial charge in [0, 0.05) is 11.6 Å². The Morgan fingerprint density at radius 3 is 2.78 bits per heavy atom. The van der Waals surface area contributed by atoms with Crippen molar-refractivity contribution >= 4 is 29.3 Å². The number of nitrogens with zero attached hydrogens (tertiary/aromatic N) is 3. The third kappa shape index (κ3) is 6.33. The molecule has 0 aliphatic carbocycles. The Balaban J connectivity index is 1.50. The molecule has 1 amide bonds. The average Bonchev–Trinajstić information content (AvgIpc) is 3.23. The molecule has 0 saturated heterocycles. The van der Waals surface area contributed by atoms with E-state index >= 15 is 0 Å². The van der Waals surface area contributed by atoms with Gasteiger partial charge in [-0.05, 0) is 48.7 Å². The van der Waals surface area contributed by atoms with Gasteiger partial charge in [0.05, 0.1) is 18.6 Å². The number of carbonyl (C=O) groups is 1. The Morgan fingerprint density at radius 1 is 1.25 bits per heavy atom. The highest BCUT2D eigenvalue weighted by Crippen LogP contribution is 2.29.